The van der Waals surface area contributed by atoms with Crippen LogP contribution in [-0.2, 0) is 11.2 Å². The number of H-pyrrole nitrogens is 1. The first-order valence-electron chi connectivity index (χ1n) is 8.31. The van der Waals surface area contributed by atoms with E-state index in [4.69, 9.17) is 9.47 Å². The average molecular weight is 327 g/mol. The number of benzene rings is 1. The molecule has 6 heteroatoms. The van der Waals surface area contributed by atoms with Crippen molar-refractivity contribution >= 4 is 5.91 Å². The smallest absolute Gasteiger partial charge is 0.254 e. The Hall–Kier alpha value is -2.34. The zero-order valence-electron chi connectivity index (χ0n) is 14.0. The number of fused-ring (bicyclic) bond motifs is 1. The maximum Gasteiger partial charge on any atom is 0.254 e. The third kappa shape index (κ3) is 2.47. The van der Waals surface area contributed by atoms with Crippen LogP contribution < -0.4 is 4.74 Å². The van der Waals surface area contributed by atoms with Crippen molar-refractivity contribution in [3.8, 4) is 5.75 Å². The van der Waals surface area contributed by atoms with Crippen molar-refractivity contribution in [1.29, 1.82) is 0 Å². The van der Waals surface area contributed by atoms with Crippen LogP contribution in [0.15, 0.2) is 18.2 Å². The van der Waals surface area contributed by atoms with E-state index in [9.17, 15) is 4.79 Å². The van der Waals surface area contributed by atoms with Gasteiger partial charge < -0.3 is 14.4 Å². The van der Waals surface area contributed by atoms with Crippen molar-refractivity contribution in [2.75, 3.05) is 26.4 Å². The predicted molar refractivity (Wildman–Crippen MR) is 88.3 cm³/mol. The maximum absolute atomic E-state index is 13.1. The van der Waals surface area contributed by atoms with Gasteiger partial charge in [0, 0.05) is 29.8 Å². The van der Waals surface area contributed by atoms with Crippen molar-refractivity contribution in [2.24, 2.45) is 0 Å². The number of nitrogens with one attached hydrogen (secondary N) is 1. The normalized spacial score (nSPS) is 19.9. The number of carbonyl (C=O) groups is 1. The minimum atomic E-state index is -0.102. The Balaban J connectivity index is 1.66. The number of amides is 1. The average Bonchev–Trinajstić information content (AvgIpc) is 3.20. The molecule has 1 saturated heterocycles. The van der Waals surface area contributed by atoms with Crippen molar-refractivity contribution in [2.45, 2.75) is 26.3 Å². The van der Waals surface area contributed by atoms with E-state index >= 15 is 0 Å². The standard InChI is InChI=1S/C18H21N3O3/c1-11-17(12(2)20-19-11)15-10-23-8-6-21(15)18(22)14-3-4-16-13(9-14)5-7-24-16/h3-4,9,15H,5-8,10H2,1-2H3,(H,19,20)/t15-/m1/s1. The Bertz CT molecular complexity index is 764. The van der Waals surface area contributed by atoms with Crippen molar-refractivity contribution < 1.29 is 14.3 Å². The van der Waals surface area contributed by atoms with E-state index in [1.54, 1.807) is 0 Å². The lowest BCUT2D eigenvalue weighted by Gasteiger charge is -2.36. The quantitative estimate of drug-likeness (QED) is 0.918. The van der Waals surface area contributed by atoms with Gasteiger partial charge >= 0.3 is 0 Å². The molecule has 126 valence electrons. The summed E-state index contributed by atoms with van der Waals surface area (Å²) in [5, 5.41) is 7.28. The molecule has 3 heterocycles. The van der Waals surface area contributed by atoms with Gasteiger partial charge in [-0.2, -0.15) is 5.10 Å². The van der Waals surface area contributed by atoms with Crippen LogP contribution in [0.3, 0.4) is 0 Å². The lowest BCUT2D eigenvalue weighted by atomic mass is 10.0. The van der Waals surface area contributed by atoms with Crippen LogP contribution in [0.5, 0.6) is 5.75 Å². The number of hydrogen-bond donors (Lipinski definition) is 1. The van der Waals surface area contributed by atoms with Crippen molar-refractivity contribution in [1.82, 2.24) is 15.1 Å². The number of ether oxygens (including phenoxy) is 2. The molecule has 0 radical (unpaired) electrons. The SMILES string of the molecule is Cc1n[nH]c(C)c1[C@H]1COCCN1C(=O)c1ccc2c(c1)CCO2. The highest BCUT2D eigenvalue weighted by molar-refractivity contribution is 5.95. The second-order valence-corrected chi connectivity index (χ2v) is 6.36. The highest BCUT2D eigenvalue weighted by atomic mass is 16.5. The molecule has 1 amide bonds. The monoisotopic (exact) mass is 327 g/mol. The molecule has 0 spiro atoms. The molecule has 1 N–H and O–H groups in total. The first-order chi connectivity index (χ1) is 11.6. The van der Waals surface area contributed by atoms with Crippen LogP contribution in [0.4, 0.5) is 0 Å². The van der Waals surface area contributed by atoms with E-state index in [0.29, 0.717) is 31.9 Å². The molecule has 1 aromatic heterocycles. The summed E-state index contributed by atoms with van der Waals surface area (Å²) in [5.41, 5.74) is 4.80. The molecule has 6 nitrogen and oxygen atoms in total. The zero-order chi connectivity index (χ0) is 16.7. The number of nitrogens with zero attached hydrogens (tertiary/aromatic N) is 2. The van der Waals surface area contributed by atoms with E-state index < -0.39 is 0 Å². The van der Waals surface area contributed by atoms with Crippen LogP contribution in [-0.4, -0.2) is 47.4 Å². The highest BCUT2D eigenvalue weighted by Crippen LogP contribution is 2.31. The maximum atomic E-state index is 13.1. The van der Waals surface area contributed by atoms with Gasteiger partial charge in [-0.05, 0) is 37.6 Å². The first-order valence-corrected chi connectivity index (χ1v) is 8.31. The lowest BCUT2D eigenvalue weighted by Crippen LogP contribution is -2.43. The lowest BCUT2D eigenvalue weighted by molar-refractivity contribution is -0.00302. The number of hydrogen-bond acceptors (Lipinski definition) is 4. The van der Waals surface area contributed by atoms with Gasteiger partial charge in [-0.15, -0.1) is 0 Å². The number of carbonyl (C=O) groups excluding carboxylic acids is 1. The second-order valence-electron chi connectivity index (χ2n) is 6.36. The van der Waals surface area contributed by atoms with Gasteiger partial charge in [0.2, 0.25) is 0 Å². The number of aromatic nitrogens is 2. The topological polar surface area (TPSA) is 67.5 Å². The molecular formula is C18H21N3O3. The molecule has 1 aromatic carbocycles. The molecule has 1 atom stereocenters. The van der Waals surface area contributed by atoms with Gasteiger partial charge in [-0.25, -0.2) is 0 Å². The summed E-state index contributed by atoms with van der Waals surface area (Å²) in [6.07, 6.45) is 0.864. The fourth-order valence-electron chi connectivity index (χ4n) is 3.62. The first kappa shape index (κ1) is 15.2. The largest absolute Gasteiger partial charge is 0.493 e. The van der Waals surface area contributed by atoms with Gasteiger partial charge in [-0.3, -0.25) is 9.89 Å². The zero-order valence-corrected chi connectivity index (χ0v) is 14.0. The Kier molecular flexibility index (Phi) is 3.76. The molecule has 0 saturated carbocycles. The molecule has 0 unspecified atom stereocenters. The van der Waals surface area contributed by atoms with Crippen LogP contribution in [0, 0.1) is 13.8 Å². The number of rotatable bonds is 2. The van der Waals surface area contributed by atoms with E-state index in [1.165, 1.54) is 0 Å². The van der Waals surface area contributed by atoms with Gasteiger partial charge in [0.15, 0.2) is 0 Å². The number of aryl methyl sites for hydroxylation is 2. The molecule has 0 aliphatic carbocycles. The van der Waals surface area contributed by atoms with E-state index in [0.717, 1.165) is 34.7 Å². The third-order valence-electron chi connectivity index (χ3n) is 4.84. The molecule has 2 aliphatic heterocycles. The highest BCUT2D eigenvalue weighted by Gasteiger charge is 2.32. The van der Waals surface area contributed by atoms with Crippen molar-refractivity contribution in [3.63, 3.8) is 0 Å². The second kappa shape index (κ2) is 5.94. The minimum absolute atomic E-state index is 0.0398. The van der Waals surface area contributed by atoms with E-state index in [2.05, 4.69) is 10.2 Å². The summed E-state index contributed by atoms with van der Waals surface area (Å²) >= 11 is 0. The van der Waals surface area contributed by atoms with Crippen LogP contribution in [0.25, 0.3) is 0 Å². The minimum Gasteiger partial charge on any atom is -0.493 e. The molecule has 4 rings (SSSR count). The Morgan fingerprint density at radius 3 is 3.00 bits per heavy atom. The fraction of sp³-hybridized carbons (Fsp3) is 0.444. The molecule has 1 fully saturated rings. The molecule has 2 aliphatic rings. The van der Waals surface area contributed by atoms with Gasteiger partial charge in [-0.1, -0.05) is 0 Å². The van der Waals surface area contributed by atoms with E-state index in [-0.39, 0.29) is 11.9 Å². The Morgan fingerprint density at radius 1 is 1.33 bits per heavy atom. The van der Waals surface area contributed by atoms with Crippen molar-refractivity contribution in [3.05, 3.63) is 46.3 Å². The van der Waals surface area contributed by atoms with Crippen LogP contribution in [0.2, 0.25) is 0 Å². The summed E-state index contributed by atoms with van der Waals surface area (Å²) in [5.74, 6) is 0.935. The fourth-order valence-corrected chi connectivity index (χ4v) is 3.62. The number of morpholine rings is 1. The van der Waals surface area contributed by atoms with Crippen LogP contribution in [0.1, 0.15) is 38.9 Å². The number of aromatic amines is 1. The summed E-state index contributed by atoms with van der Waals surface area (Å²) in [7, 11) is 0. The predicted octanol–water partition coefficient (Wildman–Crippen LogP) is 2.18. The van der Waals surface area contributed by atoms with E-state index in [1.807, 2.05) is 36.9 Å². The van der Waals surface area contributed by atoms with Crippen LogP contribution >= 0.6 is 0 Å². The Morgan fingerprint density at radius 2 is 2.21 bits per heavy atom. The summed E-state index contributed by atoms with van der Waals surface area (Å²) in [6.45, 7) is 6.29. The summed E-state index contributed by atoms with van der Waals surface area (Å²) in [4.78, 5) is 15.0. The molecule has 0 bridgehead atoms. The Labute approximate surface area is 140 Å². The third-order valence-corrected chi connectivity index (χ3v) is 4.84. The molecule has 24 heavy (non-hydrogen) atoms. The van der Waals surface area contributed by atoms with Gasteiger partial charge in [0.1, 0.15) is 5.75 Å². The van der Waals surface area contributed by atoms with Gasteiger partial charge in [0.25, 0.3) is 5.91 Å². The molecule has 2 aromatic rings. The summed E-state index contributed by atoms with van der Waals surface area (Å²) < 4.78 is 11.2. The summed E-state index contributed by atoms with van der Waals surface area (Å²) in [6, 6.07) is 5.62. The van der Waals surface area contributed by atoms with Gasteiger partial charge in [0.05, 0.1) is 31.6 Å². The molecular weight excluding hydrogens is 306 g/mol.